The smallest absolute Gasteiger partial charge is 0.0316 e. The van der Waals surface area contributed by atoms with Gasteiger partial charge in [-0.3, -0.25) is 4.99 Å². The minimum absolute atomic E-state index is 1.05. The normalized spacial score (nSPS) is 14.9. The highest BCUT2D eigenvalue weighted by Gasteiger charge is 1.87. The van der Waals surface area contributed by atoms with Crippen molar-refractivity contribution in [3.05, 3.63) is 23.4 Å². The van der Waals surface area contributed by atoms with Crippen LogP contribution in [0, 0.1) is 0 Å². The number of nitrogens with one attached hydrogen (secondary N) is 1. The molecule has 0 unspecified atom stereocenters. The number of hydrogen-bond donors (Lipinski definition) is 1. The molecule has 0 rings (SSSR count). The SMILES string of the molecule is CN=C(C)C=C(C)C=C(C)NC. The van der Waals surface area contributed by atoms with E-state index in [4.69, 9.17) is 0 Å². The van der Waals surface area contributed by atoms with Crippen LogP contribution in [0.3, 0.4) is 0 Å². The summed E-state index contributed by atoms with van der Waals surface area (Å²) in [5.41, 5.74) is 3.42. The molecule has 1 N–H and O–H groups in total. The van der Waals surface area contributed by atoms with E-state index in [2.05, 4.69) is 29.4 Å². The first kappa shape index (κ1) is 11.0. The summed E-state index contributed by atoms with van der Waals surface area (Å²) in [6, 6.07) is 0. The average molecular weight is 166 g/mol. The Morgan fingerprint density at radius 3 is 2.17 bits per heavy atom. The molecule has 0 aromatic heterocycles. The van der Waals surface area contributed by atoms with Gasteiger partial charge in [0.2, 0.25) is 0 Å². The van der Waals surface area contributed by atoms with Crippen molar-refractivity contribution < 1.29 is 0 Å². The zero-order chi connectivity index (χ0) is 9.56. The van der Waals surface area contributed by atoms with Crippen molar-refractivity contribution in [2.75, 3.05) is 14.1 Å². The van der Waals surface area contributed by atoms with Crippen LogP contribution in [-0.2, 0) is 0 Å². The molecule has 68 valence electrons. The van der Waals surface area contributed by atoms with Crippen LogP contribution in [0.5, 0.6) is 0 Å². The van der Waals surface area contributed by atoms with Gasteiger partial charge in [-0.1, -0.05) is 0 Å². The molecule has 2 heteroatoms. The van der Waals surface area contributed by atoms with Crippen molar-refractivity contribution in [2.24, 2.45) is 4.99 Å². The second-order valence-corrected chi connectivity index (χ2v) is 2.83. The Bertz CT molecular complexity index is 222. The number of nitrogens with zero attached hydrogens (tertiary/aromatic N) is 1. The van der Waals surface area contributed by atoms with Crippen LogP contribution in [-0.4, -0.2) is 19.8 Å². The van der Waals surface area contributed by atoms with Crippen LogP contribution in [0.25, 0.3) is 0 Å². The van der Waals surface area contributed by atoms with Crippen molar-refractivity contribution >= 4 is 5.71 Å². The van der Waals surface area contributed by atoms with Crippen LogP contribution in [0.2, 0.25) is 0 Å². The molecule has 0 aromatic rings. The van der Waals surface area contributed by atoms with Gasteiger partial charge in [-0.05, 0) is 38.5 Å². The van der Waals surface area contributed by atoms with Gasteiger partial charge in [-0.25, -0.2) is 0 Å². The zero-order valence-corrected chi connectivity index (χ0v) is 8.60. The van der Waals surface area contributed by atoms with E-state index in [1.54, 1.807) is 7.05 Å². The third kappa shape index (κ3) is 4.72. The minimum Gasteiger partial charge on any atom is -0.392 e. The summed E-state index contributed by atoms with van der Waals surface area (Å²) >= 11 is 0. The predicted molar refractivity (Wildman–Crippen MR) is 55.6 cm³/mol. The lowest BCUT2D eigenvalue weighted by atomic mass is 10.2. The van der Waals surface area contributed by atoms with E-state index in [0.29, 0.717) is 0 Å². The summed E-state index contributed by atoms with van der Waals surface area (Å²) in [5.74, 6) is 0. The fraction of sp³-hybridized carbons (Fsp3) is 0.500. The van der Waals surface area contributed by atoms with Crippen molar-refractivity contribution in [1.29, 1.82) is 0 Å². The molecule has 0 saturated heterocycles. The summed E-state index contributed by atoms with van der Waals surface area (Å²) in [4.78, 5) is 4.05. The molecule has 0 bridgehead atoms. The van der Waals surface area contributed by atoms with E-state index >= 15 is 0 Å². The highest BCUT2D eigenvalue weighted by atomic mass is 14.8. The first-order chi connectivity index (χ1) is 5.60. The molecule has 12 heavy (non-hydrogen) atoms. The second-order valence-electron chi connectivity index (χ2n) is 2.83. The van der Waals surface area contributed by atoms with E-state index in [1.807, 2.05) is 20.9 Å². The second kappa shape index (κ2) is 5.58. The minimum atomic E-state index is 1.05. The van der Waals surface area contributed by atoms with Crippen LogP contribution >= 0.6 is 0 Å². The number of hydrogen-bond acceptors (Lipinski definition) is 2. The summed E-state index contributed by atoms with van der Waals surface area (Å²) in [7, 11) is 3.72. The van der Waals surface area contributed by atoms with Crippen molar-refractivity contribution in [1.82, 2.24) is 5.32 Å². The Labute approximate surface area is 75.1 Å². The lowest BCUT2D eigenvalue weighted by molar-refractivity contribution is 0.986. The number of rotatable bonds is 3. The van der Waals surface area contributed by atoms with Gasteiger partial charge in [0.15, 0.2) is 0 Å². The van der Waals surface area contributed by atoms with Gasteiger partial charge in [-0.15, -0.1) is 0 Å². The maximum atomic E-state index is 4.05. The van der Waals surface area contributed by atoms with E-state index in [-0.39, 0.29) is 0 Å². The van der Waals surface area contributed by atoms with Crippen LogP contribution < -0.4 is 5.32 Å². The molecule has 0 aromatic carbocycles. The molecule has 0 heterocycles. The molecule has 0 fully saturated rings. The molecule has 0 aliphatic rings. The number of aliphatic imine (C=N–C) groups is 1. The lowest BCUT2D eigenvalue weighted by Crippen LogP contribution is -2.01. The van der Waals surface area contributed by atoms with E-state index in [9.17, 15) is 0 Å². The predicted octanol–water partition coefficient (Wildman–Crippen LogP) is 2.15. The lowest BCUT2D eigenvalue weighted by Gasteiger charge is -1.98. The third-order valence-electron chi connectivity index (χ3n) is 1.63. The highest BCUT2D eigenvalue weighted by molar-refractivity contribution is 5.93. The van der Waals surface area contributed by atoms with E-state index < -0.39 is 0 Å². The van der Waals surface area contributed by atoms with Crippen molar-refractivity contribution in [3.8, 4) is 0 Å². The maximum absolute atomic E-state index is 4.05. The van der Waals surface area contributed by atoms with Crippen molar-refractivity contribution in [2.45, 2.75) is 20.8 Å². The third-order valence-corrected chi connectivity index (χ3v) is 1.63. The van der Waals surface area contributed by atoms with E-state index in [0.717, 1.165) is 11.4 Å². The van der Waals surface area contributed by atoms with Gasteiger partial charge in [0, 0.05) is 25.5 Å². The van der Waals surface area contributed by atoms with Gasteiger partial charge in [0.25, 0.3) is 0 Å². The molecular formula is C10H18N2. The quantitative estimate of drug-likeness (QED) is 0.504. The molecule has 0 radical (unpaired) electrons. The van der Waals surface area contributed by atoms with Gasteiger partial charge < -0.3 is 5.32 Å². The Morgan fingerprint density at radius 1 is 1.17 bits per heavy atom. The summed E-state index contributed by atoms with van der Waals surface area (Å²) in [5, 5.41) is 3.07. The van der Waals surface area contributed by atoms with E-state index in [1.165, 1.54) is 5.57 Å². The van der Waals surface area contributed by atoms with Crippen LogP contribution in [0.1, 0.15) is 20.8 Å². The molecule has 0 aliphatic carbocycles. The van der Waals surface area contributed by atoms with Crippen LogP contribution in [0.15, 0.2) is 28.4 Å². The van der Waals surface area contributed by atoms with Gasteiger partial charge >= 0.3 is 0 Å². The molecule has 2 nitrogen and oxygen atoms in total. The van der Waals surface area contributed by atoms with Gasteiger partial charge in [-0.2, -0.15) is 0 Å². The molecular weight excluding hydrogens is 148 g/mol. The summed E-state index contributed by atoms with van der Waals surface area (Å²) < 4.78 is 0. The first-order valence-electron chi connectivity index (χ1n) is 4.08. The molecule has 0 aliphatic heterocycles. The highest BCUT2D eigenvalue weighted by Crippen LogP contribution is 1.99. The van der Waals surface area contributed by atoms with Gasteiger partial charge in [0.1, 0.15) is 0 Å². The molecule has 0 saturated carbocycles. The van der Waals surface area contributed by atoms with Gasteiger partial charge in [0.05, 0.1) is 0 Å². The van der Waals surface area contributed by atoms with Crippen molar-refractivity contribution in [3.63, 3.8) is 0 Å². The molecule has 0 atom stereocenters. The topological polar surface area (TPSA) is 24.4 Å². The Hall–Kier alpha value is -1.05. The largest absolute Gasteiger partial charge is 0.392 e. The summed E-state index contributed by atoms with van der Waals surface area (Å²) in [6.07, 6.45) is 4.15. The molecule has 0 amide bonds. The Balaban J connectivity index is 4.40. The monoisotopic (exact) mass is 166 g/mol. The number of allylic oxidation sites excluding steroid dienone is 4. The average Bonchev–Trinajstić information content (AvgIpc) is 2.03. The Morgan fingerprint density at radius 2 is 1.75 bits per heavy atom. The molecule has 0 spiro atoms. The first-order valence-corrected chi connectivity index (χ1v) is 4.08. The Kier molecular flexibility index (Phi) is 5.09. The van der Waals surface area contributed by atoms with Crippen LogP contribution in [0.4, 0.5) is 0 Å². The fourth-order valence-electron chi connectivity index (χ4n) is 0.849. The zero-order valence-electron chi connectivity index (χ0n) is 8.60. The standard InChI is InChI=1S/C10H18N2/c1-8(6-9(2)11-4)7-10(3)12-5/h6-7,11H,1-5H3. The maximum Gasteiger partial charge on any atom is 0.0316 e. The fourth-order valence-corrected chi connectivity index (χ4v) is 0.849. The summed E-state index contributed by atoms with van der Waals surface area (Å²) in [6.45, 7) is 6.09.